The van der Waals surface area contributed by atoms with E-state index < -0.39 is 11.7 Å². The molecular formula is C16H16FNO2. The first-order chi connectivity index (χ1) is 9.50. The van der Waals surface area contributed by atoms with Gasteiger partial charge in [0.2, 0.25) is 0 Å². The Morgan fingerprint density at radius 3 is 2.55 bits per heavy atom. The minimum atomic E-state index is -0.716. The van der Waals surface area contributed by atoms with Crippen LogP contribution in [-0.2, 0) is 6.54 Å². The summed E-state index contributed by atoms with van der Waals surface area (Å²) in [5.74, 6) is -1.60. The van der Waals surface area contributed by atoms with Crippen LogP contribution in [0.5, 0.6) is 5.75 Å². The lowest BCUT2D eigenvalue weighted by atomic mass is 10.1. The van der Waals surface area contributed by atoms with Crippen LogP contribution in [0.25, 0.3) is 0 Å². The molecule has 0 heterocycles. The monoisotopic (exact) mass is 273 g/mol. The van der Waals surface area contributed by atoms with Gasteiger partial charge in [0, 0.05) is 13.6 Å². The zero-order chi connectivity index (χ0) is 14.7. The zero-order valence-corrected chi connectivity index (χ0v) is 11.4. The van der Waals surface area contributed by atoms with Crippen molar-refractivity contribution in [3.63, 3.8) is 0 Å². The second-order valence-corrected chi connectivity index (χ2v) is 4.72. The van der Waals surface area contributed by atoms with Gasteiger partial charge in [0.05, 0.1) is 0 Å². The molecule has 1 N–H and O–H groups in total. The summed E-state index contributed by atoms with van der Waals surface area (Å²) in [6.45, 7) is 2.31. The van der Waals surface area contributed by atoms with Crippen molar-refractivity contribution < 1.29 is 14.3 Å². The number of nitrogens with zero attached hydrogens (tertiary/aromatic N) is 1. The number of phenolic OH excluding ortho intramolecular Hbond substituents is 1. The number of benzene rings is 2. The molecule has 0 aliphatic rings. The Hall–Kier alpha value is -2.36. The fourth-order valence-corrected chi connectivity index (χ4v) is 2.03. The third-order valence-electron chi connectivity index (χ3n) is 3.22. The lowest BCUT2D eigenvalue weighted by molar-refractivity contribution is 0.0777. The average molecular weight is 273 g/mol. The van der Waals surface area contributed by atoms with Crippen LogP contribution in [0.15, 0.2) is 42.5 Å². The highest BCUT2D eigenvalue weighted by atomic mass is 19.1. The number of aryl methyl sites for hydroxylation is 1. The van der Waals surface area contributed by atoms with Crippen molar-refractivity contribution in [3.05, 3.63) is 65.0 Å². The van der Waals surface area contributed by atoms with E-state index in [0.717, 1.165) is 17.2 Å². The molecule has 0 aliphatic heterocycles. The van der Waals surface area contributed by atoms with Gasteiger partial charge in [-0.25, -0.2) is 4.39 Å². The number of halogens is 1. The van der Waals surface area contributed by atoms with Crippen LogP contribution >= 0.6 is 0 Å². The number of rotatable bonds is 3. The minimum Gasteiger partial charge on any atom is -0.507 e. The molecular weight excluding hydrogens is 257 g/mol. The minimum absolute atomic E-state index is 0.288. The second-order valence-electron chi connectivity index (χ2n) is 4.72. The topological polar surface area (TPSA) is 40.5 Å². The molecule has 104 valence electrons. The van der Waals surface area contributed by atoms with Gasteiger partial charge in [-0.05, 0) is 30.2 Å². The Labute approximate surface area is 117 Å². The summed E-state index contributed by atoms with van der Waals surface area (Å²) in [4.78, 5) is 13.6. The van der Waals surface area contributed by atoms with E-state index in [1.165, 1.54) is 17.0 Å². The molecule has 0 fully saturated rings. The van der Waals surface area contributed by atoms with Crippen molar-refractivity contribution in [2.24, 2.45) is 0 Å². The molecule has 2 aromatic rings. The van der Waals surface area contributed by atoms with Crippen LogP contribution in [-0.4, -0.2) is 23.0 Å². The highest BCUT2D eigenvalue weighted by Crippen LogP contribution is 2.22. The van der Waals surface area contributed by atoms with Crippen molar-refractivity contribution in [2.45, 2.75) is 13.5 Å². The second kappa shape index (κ2) is 5.74. The van der Waals surface area contributed by atoms with Crippen LogP contribution in [0, 0.1) is 12.7 Å². The first-order valence-electron chi connectivity index (χ1n) is 6.28. The molecule has 0 radical (unpaired) electrons. The predicted molar refractivity (Wildman–Crippen MR) is 75.0 cm³/mol. The molecule has 1 amide bonds. The Kier molecular flexibility index (Phi) is 4.03. The van der Waals surface area contributed by atoms with Crippen LogP contribution in [0.4, 0.5) is 4.39 Å². The van der Waals surface area contributed by atoms with Crippen LogP contribution in [0.2, 0.25) is 0 Å². The average Bonchev–Trinajstić information content (AvgIpc) is 2.41. The normalized spacial score (nSPS) is 10.3. The van der Waals surface area contributed by atoms with Crippen molar-refractivity contribution in [1.82, 2.24) is 4.90 Å². The van der Waals surface area contributed by atoms with Crippen LogP contribution in [0.1, 0.15) is 21.5 Å². The quantitative estimate of drug-likeness (QED) is 0.933. The van der Waals surface area contributed by atoms with E-state index in [1.54, 1.807) is 7.05 Å². The maximum Gasteiger partial charge on any atom is 0.260 e. The Morgan fingerprint density at radius 1 is 1.20 bits per heavy atom. The summed E-state index contributed by atoms with van der Waals surface area (Å²) in [5.41, 5.74) is 1.76. The van der Waals surface area contributed by atoms with Crippen molar-refractivity contribution in [3.8, 4) is 5.75 Å². The van der Waals surface area contributed by atoms with E-state index in [0.29, 0.717) is 6.54 Å². The summed E-state index contributed by atoms with van der Waals surface area (Å²) in [7, 11) is 1.58. The third-order valence-corrected chi connectivity index (χ3v) is 3.22. The van der Waals surface area contributed by atoms with Crippen LogP contribution in [0.3, 0.4) is 0 Å². The molecule has 0 aromatic heterocycles. The van der Waals surface area contributed by atoms with Gasteiger partial charge in [-0.1, -0.05) is 30.3 Å². The molecule has 2 aromatic carbocycles. The number of carbonyl (C=O) groups excluding carboxylic acids is 1. The molecule has 0 atom stereocenters. The number of phenols is 1. The molecule has 0 saturated carbocycles. The maximum atomic E-state index is 13.7. The molecule has 0 aliphatic carbocycles. The predicted octanol–water partition coefficient (Wildman–Crippen LogP) is 3.11. The third kappa shape index (κ3) is 2.79. The summed E-state index contributed by atoms with van der Waals surface area (Å²) in [6.07, 6.45) is 0. The fourth-order valence-electron chi connectivity index (χ4n) is 2.03. The first kappa shape index (κ1) is 14.1. The molecule has 3 nitrogen and oxygen atoms in total. The summed E-state index contributed by atoms with van der Waals surface area (Å²) in [5, 5.41) is 9.64. The van der Waals surface area contributed by atoms with Crippen molar-refractivity contribution in [2.75, 3.05) is 7.05 Å². The van der Waals surface area contributed by atoms with Gasteiger partial charge in [0.1, 0.15) is 17.1 Å². The van der Waals surface area contributed by atoms with Gasteiger partial charge in [-0.3, -0.25) is 4.79 Å². The summed E-state index contributed by atoms with van der Waals surface area (Å²) < 4.78 is 13.7. The van der Waals surface area contributed by atoms with E-state index in [2.05, 4.69) is 0 Å². The maximum absolute atomic E-state index is 13.7. The summed E-state index contributed by atoms with van der Waals surface area (Å²) in [6, 6.07) is 11.5. The summed E-state index contributed by atoms with van der Waals surface area (Å²) >= 11 is 0. The van der Waals surface area contributed by atoms with Gasteiger partial charge in [-0.2, -0.15) is 0 Å². The van der Waals surface area contributed by atoms with E-state index in [9.17, 15) is 14.3 Å². The fraction of sp³-hybridized carbons (Fsp3) is 0.188. The largest absolute Gasteiger partial charge is 0.507 e. The van der Waals surface area contributed by atoms with Crippen molar-refractivity contribution in [1.29, 1.82) is 0 Å². The standard InChI is InChI=1S/C16H16FNO2/c1-11-6-3-4-7-12(11)10-18(2)16(20)15-13(17)8-5-9-14(15)19/h3-9,19H,10H2,1-2H3. The number of aromatic hydroxyl groups is 1. The lowest BCUT2D eigenvalue weighted by Crippen LogP contribution is -2.27. The number of hydrogen-bond acceptors (Lipinski definition) is 2. The molecule has 0 unspecified atom stereocenters. The molecule has 4 heteroatoms. The Bertz CT molecular complexity index is 620. The zero-order valence-electron chi connectivity index (χ0n) is 11.4. The van der Waals surface area contributed by atoms with Crippen LogP contribution < -0.4 is 0 Å². The van der Waals surface area contributed by atoms with Gasteiger partial charge in [-0.15, -0.1) is 0 Å². The Morgan fingerprint density at radius 2 is 1.90 bits per heavy atom. The van der Waals surface area contributed by atoms with Gasteiger partial charge < -0.3 is 10.0 Å². The number of amides is 1. The molecule has 2 rings (SSSR count). The number of carbonyl (C=O) groups is 1. The van der Waals surface area contributed by atoms with Gasteiger partial charge in [0.25, 0.3) is 5.91 Å². The lowest BCUT2D eigenvalue weighted by Gasteiger charge is -2.19. The SMILES string of the molecule is Cc1ccccc1CN(C)C(=O)c1c(O)cccc1F. The highest BCUT2D eigenvalue weighted by molar-refractivity contribution is 5.96. The molecule has 0 spiro atoms. The molecule has 0 bridgehead atoms. The van der Waals surface area contributed by atoms with E-state index in [-0.39, 0.29) is 11.3 Å². The Balaban J connectivity index is 2.24. The van der Waals surface area contributed by atoms with E-state index in [1.807, 2.05) is 31.2 Å². The van der Waals surface area contributed by atoms with E-state index >= 15 is 0 Å². The van der Waals surface area contributed by atoms with E-state index in [4.69, 9.17) is 0 Å². The highest BCUT2D eigenvalue weighted by Gasteiger charge is 2.20. The van der Waals surface area contributed by atoms with Gasteiger partial charge >= 0.3 is 0 Å². The molecule has 20 heavy (non-hydrogen) atoms. The number of hydrogen-bond donors (Lipinski definition) is 1. The van der Waals surface area contributed by atoms with Crippen molar-refractivity contribution >= 4 is 5.91 Å². The van der Waals surface area contributed by atoms with Gasteiger partial charge in [0.15, 0.2) is 0 Å². The molecule has 0 saturated heterocycles. The first-order valence-corrected chi connectivity index (χ1v) is 6.28. The smallest absolute Gasteiger partial charge is 0.260 e.